The van der Waals surface area contributed by atoms with E-state index in [1.54, 1.807) is 48.2 Å². The van der Waals surface area contributed by atoms with Gasteiger partial charge in [-0.3, -0.25) is 4.79 Å². The molecule has 2 aromatic rings. The van der Waals surface area contributed by atoms with Gasteiger partial charge in [-0.05, 0) is 37.1 Å². The number of hydrogen-bond donors (Lipinski definition) is 1. The summed E-state index contributed by atoms with van der Waals surface area (Å²) in [5, 5.41) is 0. The lowest BCUT2D eigenvalue weighted by molar-refractivity contribution is -0.119. The third kappa shape index (κ3) is 4.49. The number of piperidine rings is 1. The summed E-state index contributed by atoms with van der Waals surface area (Å²) < 4.78 is 5.26. The first kappa shape index (κ1) is 18.6. The van der Waals surface area contributed by atoms with Crippen LogP contribution in [-0.4, -0.2) is 47.5 Å². The van der Waals surface area contributed by atoms with E-state index in [0.29, 0.717) is 24.5 Å². The molecule has 1 aromatic carbocycles. The Morgan fingerprint density at radius 2 is 1.93 bits per heavy atom. The Labute approximate surface area is 157 Å². The van der Waals surface area contributed by atoms with Crippen LogP contribution in [0.5, 0.6) is 0 Å². The molecule has 1 saturated heterocycles. The average molecular weight is 370 g/mol. The van der Waals surface area contributed by atoms with Gasteiger partial charge in [0, 0.05) is 32.7 Å². The van der Waals surface area contributed by atoms with Gasteiger partial charge >= 0.3 is 5.97 Å². The van der Waals surface area contributed by atoms with Gasteiger partial charge in [-0.2, -0.15) is 15.0 Å². The van der Waals surface area contributed by atoms with Crippen LogP contribution in [0.15, 0.2) is 24.3 Å². The van der Waals surface area contributed by atoms with E-state index >= 15 is 0 Å². The number of nitrogens with zero attached hydrogens (tertiary/aromatic N) is 5. The van der Waals surface area contributed by atoms with Crippen molar-refractivity contribution in [3.8, 4) is 0 Å². The zero-order chi connectivity index (χ0) is 19.4. The molecular weight excluding hydrogens is 348 g/mol. The highest BCUT2D eigenvalue weighted by atomic mass is 16.5. The summed E-state index contributed by atoms with van der Waals surface area (Å²) in [4.78, 5) is 39.8. The highest BCUT2D eigenvalue weighted by molar-refractivity contribution is 5.95. The zero-order valence-corrected chi connectivity index (χ0v) is 15.4. The number of hydrogen-bond acceptors (Lipinski definition) is 8. The average Bonchev–Trinajstić information content (AvgIpc) is 2.66. The Kier molecular flexibility index (Phi) is 5.49. The molecule has 0 saturated carbocycles. The lowest BCUT2D eigenvalue weighted by atomic mass is 10.1. The van der Waals surface area contributed by atoms with Crippen LogP contribution in [0.1, 0.15) is 35.4 Å². The number of amides is 1. The van der Waals surface area contributed by atoms with E-state index in [4.69, 9.17) is 10.5 Å². The van der Waals surface area contributed by atoms with Gasteiger partial charge in [-0.15, -0.1) is 0 Å². The van der Waals surface area contributed by atoms with Crippen molar-refractivity contribution < 1.29 is 14.3 Å². The number of carbonyl (C=O) groups is 2. The van der Waals surface area contributed by atoms with E-state index < -0.39 is 5.97 Å². The summed E-state index contributed by atoms with van der Waals surface area (Å²) in [6, 6.07) is 6.80. The van der Waals surface area contributed by atoms with Crippen LogP contribution in [0.2, 0.25) is 0 Å². The molecule has 9 heteroatoms. The lowest BCUT2D eigenvalue weighted by Crippen LogP contribution is -2.35. The van der Waals surface area contributed by atoms with Crippen LogP contribution in [0, 0.1) is 0 Å². The fraction of sp³-hybridized carbons (Fsp3) is 0.389. The van der Waals surface area contributed by atoms with E-state index in [-0.39, 0.29) is 24.3 Å². The number of rotatable bonds is 5. The fourth-order valence-corrected chi connectivity index (χ4v) is 2.76. The molecule has 3 rings (SSSR count). The molecule has 0 bridgehead atoms. The molecule has 1 aromatic heterocycles. The van der Waals surface area contributed by atoms with E-state index in [1.807, 2.05) is 0 Å². The van der Waals surface area contributed by atoms with E-state index in [1.165, 1.54) is 0 Å². The second-order valence-electron chi connectivity index (χ2n) is 6.43. The van der Waals surface area contributed by atoms with Crippen molar-refractivity contribution in [2.75, 3.05) is 36.2 Å². The van der Waals surface area contributed by atoms with Gasteiger partial charge in [0.1, 0.15) is 0 Å². The molecule has 1 fully saturated rings. The number of carbonyl (C=O) groups excluding carboxylic acids is 2. The Bertz CT molecular complexity index is 837. The molecule has 0 aliphatic carbocycles. The Hall–Kier alpha value is -3.23. The van der Waals surface area contributed by atoms with Crippen LogP contribution in [0.25, 0.3) is 0 Å². The number of nitrogens with two attached hydrogens (primary N) is 1. The molecule has 0 atom stereocenters. The summed E-state index contributed by atoms with van der Waals surface area (Å²) in [7, 11) is 3.55. The minimum Gasteiger partial charge on any atom is -0.454 e. The summed E-state index contributed by atoms with van der Waals surface area (Å²) in [5.74, 6) is 0.340. The van der Waals surface area contributed by atoms with E-state index in [0.717, 1.165) is 18.5 Å². The smallest absolute Gasteiger partial charge is 0.338 e. The molecule has 0 radical (unpaired) electrons. The number of nitrogen functional groups attached to an aromatic ring is 1. The quantitative estimate of drug-likeness (QED) is 0.785. The van der Waals surface area contributed by atoms with Gasteiger partial charge in [0.25, 0.3) is 0 Å². The third-order valence-electron chi connectivity index (χ3n) is 4.16. The Morgan fingerprint density at radius 1 is 1.19 bits per heavy atom. The van der Waals surface area contributed by atoms with Gasteiger partial charge in [0.15, 0.2) is 12.4 Å². The van der Waals surface area contributed by atoms with E-state index in [9.17, 15) is 9.59 Å². The van der Waals surface area contributed by atoms with Crippen molar-refractivity contribution in [2.24, 2.45) is 0 Å². The number of ether oxygens (including phenoxy) is 1. The predicted octanol–water partition coefficient (Wildman–Crippen LogP) is 1.39. The van der Waals surface area contributed by atoms with Gasteiger partial charge < -0.3 is 20.3 Å². The van der Waals surface area contributed by atoms with Crippen molar-refractivity contribution in [1.29, 1.82) is 0 Å². The molecular formula is C18H22N6O3. The van der Waals surface area contributed by atoms with Crippen molar-refractivity contribution >= 4 is 29.5 Å². The third-order valence-corrected chi connectivity index (χ3v) is 4.16. The largest absolute Gasteiger partial charge is 0.454 e. The molecule has 1 aliphatic heterocycles. The van der Waals surface area contributed by atoms with Gasteiger partial charge in [0.2, 0.25) is 17.8 Å². The maximum atomic E-state index is 12.3. The Balaban J connectivity index is 1.64. The lowest BCUT2D eigenvalue weighted by Gasteiger charge is -2.26. The molecule has 0 spiro atoms. The van der Waals surface area contributed by atoms with Crippen LogP contribution < -0.4 is 15.5 Å². The molecule has 27 heavy (non-hydrogen) atoms. The first-order valence-corrected chi connectivity index (χ1v) is 8.69. The Morgan fingerprint density at radius 3 is 2.59 bits per heavy atom. The molecule has 142 valence electrons. The first-order valence-electron chi connectivity index (χ1n) is 8.69. The van der Waals surface area contributed by atoms with Crippen LogP contribution in [-0.2, 0) is 16.1 Å². The summed E-state index contributed by atoms with van der Waals surface area (Å²) >= 11 is 0. The second-order valence-corrected chi connectivity index (χ2v) is 6.43. The number of esters is 1. The van der Waals surface area contributed by atoms with Gasteiger partial charge in [-0.25, -0.2) is 4.79 Å². The predicted molar refractivity (Wildman–Crippen MR) is 100 cm³/mol. The molecule has 2 N–H and O–H groups in total. The van der Waals surface area contributed by atoms with Crippen molar-refractivity contribution in [2.45, 2.75) is 25.9 Å². The van der Waals surface area contributed by atoms with Gasteiger partial charge in [-0.1, -0.05) is 0 Å². The molecule has 0 unspecified atom stereocenters. The van der Waals surface area contributed by atoms with Crippen molar-refractivity contribution in [3.05, 3.63) is 35.7 Å². The maximum Gasteiger partial charge on any atom is 0.338 e. The summed E-state index contributed by atoms with van der Waals surface area (Å²) in [6.45, 7) is 0.594. The summed E-state index contributed by atoms with van der Waals surface area (Å²) in [5.41, 5.74) is 6.83. The number of benzene rings is 1. The van der Waals surface area contributed by atoms with Crippen LogP contribution >= 0.6 is 0 Å². The maximum absolute atomic E-state index is 12.3. The SMILES string of the molecule is CN(C)c1nc(N)nc(COC(=O)c2ccc(N3CCCCC3=O)cc2)n1. The topological polar surface area (TPSA) is 115 Å². The standard InChI is InChI=1S/C18H22N6O3/c1-23(2)18-21-14(20-17(19)22-18)11-27-16(26)12-6-8-13(9-7-12)24-10-4-3-5-15(24)25/h6-9H,3-5,10-11H2,1-2H3,(H2,19,20,21,22). The van der Waals surface area contributed by atoms with Crippen molar-refractivity contribution in [3.63, 3.8) is 0 Å². The zero-order valence-electron chi connectivity index (χ0n) is 15.4. The summed E-state index contributed by atoms with van der Waals surface area (Å²) in [6.07, 6.45) is 2.48. The highest BCUT2D eigenvalue weighted by Crippen LogP contribution is 2.21. The first-order chi connectivity index (χ1) is 12.9. The number of aromatic nitrogens is 3. The van der Waals surface area contributed by atoms with Crippen molar-refractivity contribution in [1.82, 2.24) is 15.0 Å². The molecule has 2 heterocycles. The molecule has 1 aliphatic rings. The minimum atomic E-state index is -0.503. The van der Waals surface area contributed by atoms with Gasteiger partial charge in [0.05, 0.1) is 5.56 Å². The monoisotopic (exact) mass is 370 g/mol. The number of anilines is 3. The fourth-order valence-electron chi connectivity index (χ4n) is 2.76. The molecule has 9 nitrogen and oxygen atoms in total. The highest BCUT2D eigenvalue weighted by Gasteiger charge is 2.20. The normalized spacial score (nSPS) is 14.1. The van der Waals surface area contributed by atoms with E-state index in [2.05, 4.69) is 15.0 Å². The van der Waals surface area contributed by atoms with Crippen LogP contribution in [0.3, 0.4) is 0 Å². The minimum absolute atomic E-state index is 0.0651. The molecule has 1 amide bonds. The van der Waals surface area contributed by atoms with Crippen LogP contribution in [0.4, 0.5) is 17.6 Å². The second kappa shape index (κ2) is 7.98.